The fourth-order valence-electron chi connectivity index (χ4n) is 3.87. The van der Waals surface area contributed by atoms with Gasteiger partial charge >= 0.3 is 6.03 Å². The van der Waals surface area contributed by atoms with Crippen molar-refractivity contribution in [3.8, 4) is 17.3 Å². The van der Waals surface area contributed by atoms with Crippen LogP contribution in [-0.2, 0) is 11.2 Å². The zero-order valence-corrected chi connectivity index (χ0v) is 15.6. The summed E-state index contributed by atoms with van der Waals surface area (Å²) in [7, 11) is 0. The monoisotopic (exact) mass is 381 g/mol. The van der Waals surface area contributed by atoms with Gasteiger partial charge in [-0.15, -0.1) is 0 Å². The van der Waals surface area contributed by atoms with E-state index >= 15 is 0 Å². The van der Waals surface area contributed by atoms with Gasteiger partial charge < -0.3 is 25.4 Å². The van der Waals surface area contributed by atoms with Crippen LogP contribution in [0.1, 0.15) is 24.8 Å². The van der Waals surface area contributed by atoms with E-state index in [2.05, 4.69) is 10.2 Å². The maximum absolute atomic E-state index is 11.0. The molecule has 28 heavy (non-hydrogen) atoms. The van der Waals surface area contributed by atoms with E-state index < -0.39 is 6.03 Å². The summed E-state index contributed by atoms with van der Waals surface area (Å²) in [6, 6.07) is 6.76. The van der Waals surface area contributed by atoms with Crippen molar-refractivity contribution in [2.24, 2.45) is 5.73 Å². The van der Waals surface area contributed by atoms with Crippen LogP contribution in [0.3, 0.4) is 0 Å². The van der Waals surface area contributed by atoms with E-state index in [1.165, 1.54) is 0 Å². The number of nitrogens with two attached hydrogens (primary N) is 1. The van der Waals surface area contributed by atoms with E-state index in [0.717, 1.165) is 61.6 Å². The molecule has 3 heterocycles. The molecule has 3 aliphatic rings. The Kier molecular flexibility index (Phi) is 4.08. The van der Waals surface area contributed by atoms with Crippen molar-refractivity contribution in [3.63, 3.8) is 0 Å². The van der Waals surface area contributed by atoms with Crippen LogP contribution in [0, 0.1) is 0 Å². The van der Waals surface area contributed by atoms with Crippen LogP contribution >= 0.6 is 0 Å². The summed E-state index contributed by atoms with van der Waals surface area (Å²) in [4.78, 5) is 23.0. The molecule has 2 aliphatic heterocycles. The Balaban J connectivity index is 1.53. The molecule has 1 aliphatic carbocycles. The van der Waals surface area contributed by atoms with Gasteiger partial charge in [0.05, 0.1) is 18.8 Å². The molecule has 1 aromatic carbocycles. The number of carbonyl (C=O) groups is 1. The molecule has 8 nitrogen and oxygen atoms in total. The summed E-state index contributed by atoms with van der Waals surface area (Å²) in [5.41, 5.74) is 7.78. The molecule has 1 saturated carbocycles. The quantitative estimate of drug-likeness (QED) is 0.846. The predicted molar refractivity (Wildman–Crippen MR) is 105 cm³/mol. The second-order valence-electron chi connectivity index (χ2n) is 7.61. The topological polar surface area (TPSA) is 103 Å². The number of hydrogen-bond acceptors (Lipinski definition) is 6. The van der Waals surface area contributed by atoms with Crippen LogP contribution in [-0.4, -0.2) is 47.9 Å². The molecule has 146 valence electrons. The SMILES string of the molecule is NC(=O)Nc1ccc(-c2nc3c(c(N4CCOCC4)n2)CCC2(CC2)O3)cc1. The molecule has 1 aromatic heterocycles. The van der Waals surface area contributed by atoms with E-state index in [4.69, 9.17) is 25.2 Å². The van der Waals surface area contributed by atoms with Gasteiger partial charge in [0.25, 0.3) is 0 Å². The van der Waals surface area contributed by atoms with Crippen LogP contribution < -0.4 is 20.7 Å². The van der Waals surface area contributed by atoms with Gasteiger partial charge in [0.15, 0.2) is 5.82 Å². The van der Waals surface area contributed by atoms with Gasteiger partial charge in [-0.25, -0.2) is 9.78 Å². The fraction of sp³-hybridized carbons (Fsp3) is 0.450. The highest BCUT2D eigenvalue weighted by Crippen LogP contribution is 2.49. The van der Waals surface area contributed by atoms with E-state index in [9.17, 15) is 4.79 Å². The minimum absolute atomic E-state index is 0.00380. The Bertz CT molecular complexity index is 905. The van der Waals surface area contributed by atoms with Gasteiger partial charge in [-0.1, -0.05) is 0 Å². The molecule has 2 aromatic rings. The number of urea groups is 1. The summed E-state index contributed by atoms with van der Waals surface area (Å²) in [6.45, 7) is 3.03. The molecule has 0 radical (unpaired) electrons. The van der Waals surface area contributed by atoms with Crippen molar-refractivity contribution in [1.29, 1.82) is 0 Å². The Morgan fingerprint density at radius 2 is 1.86 bits per heavy atom. The van der Waals surface area contributed by atoms with Gasteiger partial charge in [-0.3, -0.25) is 0 Å². The normalized spacial score (nSPS) is 19.6. The van der Waals surface area contributed by atoms with Crippen molar-refractivity contribution < 1.29 is 14.3 Å². The highest BCUT2D eigenvalue weighted by atomic mass is 16.5. The Morgan fingerprint density at radius 1 is 1.11 bits per heavy atom. The Morgan fingerprint density at radius 3 is 2.54 bits per heavy atom. The fourth-order valence-corrected chi connectivity index (χ4v) is 3.87. The molecule has 2 fully saturated rings. The van der Waals surface area contributed by atoms with E-state index in [0.29, 0.717) is 24.7 Å². The number of carbonyl (C=O) groups excluding carboxylic acids is 1. The van der Waals surface area contributed by atoms with Crippen LogP contribution in [0.5, 0.6) is 5.88 Å². The van der Waals surface area contributed by atoms with Gasteiger partial charge in [-0.2, -0.15) is 4.98 Å². The number of benzene rings is 1. The summed E-state index contributed by atoms with van der Waals surface area (Å²) >= 11 is 0. The molecule has 3 N–H and O–H groups in total. The summed E-state index contributed by atoms with van der Waals surface area (Å²) in [5.74, 6) is 2.30. The summed E-state index contributed by atoms with van der Waals surface area (Å²) < 4.78 is 11.8. The van der Waals surface area contributed by atoms with Gasteiger partial charge in [-0.05, 0) is 49.9 Å². The number of nitrogens with one attached hydrogen (secondary N) is 1. The van der Waals surface area contributed by atoms with E-state index in [1.54, 1.807) is 12.1 Å². The predicted octanol–water partition coefficient (Wildman–Crippen LogP) is 2.33. The zero-order chi connectivity index (χ0) is 19.1. The first kappa shape index (κ1) is 17.2. The lowest BCUT2D eigenvalue weighted by Gasteiger charge is -2.33. The third-order valence-corrected chi connectivity index (χ3v) is 5.62. The minimum atomic E-state index is -0.587. The standard InChI is InChI=1S/C20H23N5O3/c21-19(26)22-14-3-1-13(2-4-14)16-23-17(25-9-11-27-12-10-25)15-5-6-20(7-8-20)28-18(15)24-16/h1-4H,5-12H2,(H3,21,22,26). The number of ether oxygens (including phenoxy) is 2. The van der Waals surface area contributed by atoms with Crippen LogP contribution in [0.4, 0.5) is 16.3 Å². The Labute approximate surface area is 163 Å². The van der Waals surface area contributed by atoms with Crippen molar-refractivity contribution in [2.75, 3.05) is 36.5 Å². The zero-order valence-electron chi connectivity index (χ0n) is 15.6. The minimum Gasteiger partial charge on any atom is -0.471 e. The number of amides is 2. The highest BCUT2D eigenvalue weighted by Gasteiger charge is 2.48. The number of rotatable bonds is 3. The van der Waals surface area contributed by atoms with Crippen LogP contribution in [0.15, 0.2) is 24.3 Å². The molecule has 0 atom stereocenters. The number of morpholine rings is 1. The number of primary amides is 1. The molecular formula is C20H23N5O3. The van der Waals surface area contributed by atoms with Crippen LogP contribution in [0.2, 0.25) is 0 Å². The molecule has 1 saturated heterocycles. The lowest BCUT2D eigenvalue weighted by atomic mass is 10.0. The van der Waals surface area contributed by atoms with Crippen LogP contribution in [0.25, 0.3) is 11.4 Å². The number of hydrogen-bond donors (Lipinski definition) is 2. The highest BCUT2D eigenvalue weighted by molar-refractivity contribution is 5.88. The molecule has 0 unspecified atom stereocenters. The molecule has 5 rings (SSSR count). The summed E-state index contributed by atoms with van der Waals surface area (Å²) in [5, 5.41) is 2.57. The van der Waals surface area contributed by atoms with E-state index in [-0.39, 0.29) is 5.60 Å². The average molecular weight is 381 g/mol. The first-order chi connectivity index (χ1) is 13.6. The third kappa shape index (κ3) is 3.24. The summed E-state index contributed by atoms with van der Waals surface area (Å²) in [6.07, 6.45) is 4.19. The number of aromatic nitrogens is 2. The third-order valence-electron chi connectivity index (χ3n) is 5.62. The first-order valence-corrected chi connectivity index (χ1v) is 9.71. The van der Waals surface area contributed by atoms with Gasteiger partial charge in [0.1, 0.15) is 11.4 Å². The maximum atomic E-state index is 11.0. The number of fused-ring (bicyclic) bond motifs is 1. The second kappa shape index (κ2) is 6.63. The molecule has 0 bridgehead atoms. The molecular weight excluding hydrogens is 358 g/mol. The van der Waals surface area contributed by atoms with E-state index in [1.807, 2.05) is 12.1 Å². The maximum Gasteiger partial charge on any atom is 0.316 e. The van der Waals surface area contributed by atoms with Crippen molar-refractivity contribution in [2.45, 2.75) is 31.3 Å². The second-order valence-corrected chi connectivity index (χ2v) is 7.61. The number of anilines is 2. The van der Waals surface area contributed by atoms with Gasteiger partial charge in [0, 0.05) is 24.3 Å². The molecule has 2 amide bonds. The average Bonchev–Trinajstić information content (AvgIpc) is 3.46. The molecule has 8 heteroatoms. The Hall–Kier alpha value is -2.87. The van der Waals surface area contributed by atoms with Gasteiger partial charge in [0.2, 0.25) is 5.88 Å². The lowest BCUT2D eigenvalue weighted by molar-refractivity contribution is 0.121. The molecule has 1 spiro atoms. The van der Waals surface area contributed by atoms with Crippen molar-refractivity contribution in [1.82, 2.24) is 9.97 Å². The van der Waals surface area contributed by atoms with Crippen molar-refractivity contribution >= 4 is 17.5 Å². The smallest absolute Gasteiger partial charge is 0.316 e. The number of nitrogens with zero attached hydrogens (tertiary/aromatic N) is 3. The first-order valence-electron chi connectivity index (χ1n) is 9.71. The largest absolute Gasteiger partial charge is 0.471 e. The van der Waals surface area contributed by atoms with Crippen molar-refractivity contribution in [3.05, 3.63) is 29.8 Å². The lowest BCUT2D eigenvalue weighted by Crippen LogP contribution is -2.38.